The molecule has 0 saturated heterocycles. The average Bonchev–Trinajstić information content (AvgIpc) is 2.43. The van der Waals surface area contributed by atoms with E-state index in [2.05, 4.69) is 20.8 Å². The molecular formula is C18H28O3. The normalized spacial score (nSPS) is 14.5. The third-order valence-electron chi connectivity index (χ3n) is 3.43. The standard InChI is InChI=1S/C18H28O3/c1-6-21-17(19)15(13-18(2,3)4)12-16(20-5)14-10-8-7-9-11-14/h7-11,15-16H,6,12-13H2,1-5H3/t15-,16+/m1/s1. The van der Waals surface area contributed by atoms with Gasteiger partial charge in [0.2, 0.25) is 0 Å². The molecule has 0 fully saturated rings. The fourth-order valence-corrected chi connectivity index (χ4v) is 2.56. The van der Waals surface area contributed by atoms with Gasteiger partial charge >= 0.3 is 5.97 Å². The number of carbonyl (C=O) groups is 1. The highest BCUT2D eigenvalue weighted by Gasteiger charge is 2.29. The van der Waals surface area contributed by atoms with Crippen LogP contribution in [0.1, 0.15) is 52.2 Å². The van der Waals surface area contributed by atoms with Crippen molar-refractivity contribution >= 4 is 5.97 Å². The van der Waals surface area contributed by atoms with E-state index in [-0.39, 0.29) is 23.4 Å². The summed E-state index contributed by atoms with van der Waals surface area (Å²) >= 11 is 0. The van der Waals surface area contributed by atoms with Crippen molar-refractivity contribution in [1.29, 1.82) is 0 Å². The van der Waals surface area contributed by atoms with Gasteiger partial charge in [-0.1, -0.05) is 51.1 Å². The average molecular weight is 292 g/mol. The summed E-state index contributed by atoms with van der Waals surface area (Å²) in [6, 6.07) is 10.0. The van der Waals surface area contributed by atoms with Crippen molar-refractivity contribution in [3.8, 4) is 0 Å². The SMILES string of the molecule is CCOC(=O)[C@H](C[C@H](OC)c1ccccc1)CC(C)(C)C. The molecule has 0 bridgehead atoms. The van der Waals surface area contributed by atoms with Crippen LogP contribution in [0.4, 0.5) is 0 Å². The molecule has 1 aromatic carbocycles. The van der Waals surface area contributed by atoms with Gasteiger partial charge in [-0.25, -0.2) is 0 Å². The van der Waals surface area contributed by atoms with Gasteiger partial charge in [0.05, 0.1) is 18.6 Å². The van der Waals surface area contributed by atoms with Crippen LogP contribution in [0, 0.1) is 11.3 Å². The van der Waals surface area contributed by atoms with E-state index in [0.29, 0.717) is 13.0 Å². The van der Waals surface area contributed by atoms with E-state index in [4.69, 9.17) is 9.47 Å². The van der Waals surface area contributed by atoms with Crippen LogP contribution in [-0.2, 0) is 14.3 Å². The van der Waals surface area contributed by atoms with Gasteiger partial charge in [-0.15, -0.1) is 0 Å². The molecular weight excluding hydrogens is 264 g/mol. The molecule has 3 nitrogen and oxygen atoms in total. The lowest BCUT2D eigenvalue weighted by molar-refractivity contribution is -0.150. The van der Waals surface area contributed by atoms with Gasteiger partial charge in [-0.3, -0.25) is 4.79 Å². The largest absolute Gasteiger partial charge is 0.466 e. The van der Waals surface area contributed by atoms with Crippen LogP contribution in [0.5, 0.6) is 0 Å². The molecule has 21 heavy (non-hydrogen) atoms. The molecule has 2 atom stereocenters. The summed E-state index contributed by atoms with van der Waals surface area (Å²) in [7, 11) is 1.69. The van der Waals surface area contributed by atoms with E-state index in [1.807, 2.05) is 37.3 Å². The topological polar surface area (TPSA) is 35.5 Å². The minimum absolute atomic E-state index is 0.0758. The lowest BCUT2D eigenvalue weighted by atomic mass is 9.81. The first kappa shape index (κ1) is 17.7. The summed E-state index contributed by atoms with van der Waals surface area (Å²) in [6.45, 7) is 8.69. The highest BCUT2D eigenvalue weighted by molar-refractivity contribution is 5.72. The molecule has 1 rings (SSSR count). The lowest BCUT2D eigenvalue weighted by Crippen LogP contribution is -2.25. The summed E-state index contributed by atoms with van der Waals surface area (Å²) < 4.78 is 10.8. The molecule has 0 saturated carbocycles. The number of benzene rings is 1. The summed E-state index contributed by atoms with van der Waals surface area (Å²) in [5.74, 6) is -0.263. The van der Waals surface area contributed by atoms with Crippen molar-refractivity contribution in [1.82, 2.24) is 0 Å². The second-order valence-electron chi connectivity index (χ2n) is 6.58. The molecule has 0 aliphatic rings. The van der Waals surface area contributed by atoms with E-state index in [9.17, 15) is 4.79 Å². The van der Waals surface area contributed by atoms with Gasteiger partial charge in [0.15, 0.2) is 0 Å². The second-order valence-corrected chi connectivity index (χ2v) is 6.58. The van der Waals surface area contributed by atoms with E-state index in [0.717, 1.165) is 12.0 Å². The van der Waals surface area contributed by atoms with Crippen molar-refractivity contribution in [3.63, 3.8) is 0 Å². The van der Waals surface area contributed by atoms with Crippen molar-refractivity contribution in [3.05, 3.63) is 35.9 Å². The van der Waals surface area contributed by atoms with E-state index < -0.39 is 0 Å². The van der Waals surface area contributed by atoms with Gasteiger partial charge in [-0.05, 0) is 30.7 Å². The first-order valence-corrected chi connectivity index (χ1v) is 7.61. The Labute approximate surface area is 128 Å². The van der Waals surface area contributed by atoms with Crippen molar-refractivity contribution in [2.75, 3.05) is 13.7 Å². The molecule has 1 aromatic rings. The Bertz CT molecular complexity index is 420. The molecule has 0 unspecified atom stereocenters. The number of ether oxygens (including phenoxy) is 2. The molecule has 0 heterocycles. The Morgan fingerprint density at radius 2 is 1.81 bits per heavy atom. The molecule has 3 heteroatoms. The second kappa shape index (κ2) is 8.18. The Morgan fingerprint density at radius 1 is 1.19 bits per heavy atom. The van der Waals surface area contributed by atoms with E-state index >= 15 is 0 Å². The first-order chi connectivity index (χ1) is 9.87. The zero-order chi connectivity index (χ0) is 15.9. The van der Waals surface area contributed by atoms with Crippen LogP contribution in [0.15, 0.2) is 30.3 Å². The molecule has 0 aromatic heterocycles. The Kier molecular flexibility index (Phi) is 6.90. The number of rotatable bonds is 7. The maximum atomic E-state index is 12.2. The number of hydrogen-bond acceptors (Lipinski definition) is 3. The maximum absolute atomic E-state index is 12.2. The van der Waals surface area contributed by atoms with Crippen molar-refractivity contribution < 1.29 is 14.3 Å². The highest BCUT2D eigenvalue weighted by Crippen LogP contribution is 2.33. The van der Waals surface area contributed by atoms with Gasteiger partial charge < -0.3 is 9.47 Å². The van der Waals surface area contributed by atoms with Crippen LogP contribution >= 0.6 is 0 Å². The lowest BCUT2D eigenvalue weighted by Gasteiger charge is -2.27. The minimum Gasteiger partial charge on any atom is -0.466 e. The number of hydrogen-bond donors (Lipinski definition) is 0. The monoisotopic (exact) mass is 292 g/mol. The van der Waals surface area contributed by atoms with E-state index in [1.165, 1.54) is 0 Å². The van der Waals surface area contributed by atoms with Crippen LogP contribution in [0.25, 0.3) is 0 Å². The summed E-state index contributed by atoms with van der Waals surface area (Å²) in [4.78, 5) is 12.2. The molecule has 0 spiro atoms. The molecule has 118 valence electrons. The predicted octanol–water partition coefficient (Wildman–Crippen LogP) is 4.38. The van der Waals surface area contributed by atoms with Gasteiger partial charge in [0, 0.05) is 7.11 Å². The van der Waals surface area contributed by atoms with Gasteiger partial charge in [-0.2, -0.15) is 0 Å². The molecule has 0 aliphatic carbocycles. The van der Waals surface area contributed by atoms with Crippen LogP contribution in [-0.4, -0.2) is 19.7 Å². The fourth-order valence-electron chi connectivity index (χ4n) is 2.56. The number of carbonyl (C=O) groups excluding carboxylic acids is 1. The quantitative estimate of drug-likeness (QED) is 0.700. The Morgan fingerprint density at radius 3 is 2.29 bits per heavy atom. The Hall–Kier alpha value is -1.35. The van der Waals surface area contributed by atoms with Crippen LogP contribution in [0.2, 0.25) is 0 Å². The summed E-state index contributed by atoms with van der Waals surface area (Å²) in [5, 5.41) is 0. The third kappa shape index (κ3) is 6.30. The van der Waals surface area contributed by atoms with Gasteiger partial charge in [0.25, 0.3) is 0 Å². The smallest absolute Gasteiger partial charge is 0.309 e. The molecule has 0 N–H and O–H groups in total. The summed E-state index contributed by atoms with van der Waals surface area (Å²) in [5.41, 5.74) is 1.18. The van der Waals surface area contributed by atoms with Crippen molar-refractivity contribution in [2.24, 2.45) is 11.3 Å². The first-order valence-electron chi connectivity index (χ1n) is 7.61. The summed E-state index contributed by atoms with van der Waals surface area (Å²) in [6.07, 6.45) is 1.36. The zero-order valence-corrected chi connectivity index (χ0v) is 13.9. The number of esters is 1. The Balaban J connectivity index is 2.85. The van der Waals surface area contributed by atoms with Crippen LogP contribution < -0.4 is 0 Å². The van der Waals surface area contributed by atoms with Crippen LogP contribution in [0.3, 0.4) is 0 Å². The minimum atomic E-state index is -0.143. The fraction of sp³-hybridized carbons (Fsp3) is 0.611. The molecule has 0 radical (unpaired) electrons. The maximum Gasteiger partial charge on any atom is 0.309 e. The molecule has 0 amide bonds. The molecule has 0 aliphatic heterocycles. The highest BCUT2D eigenvalue weighted by atomic mass is 16.5. The predicted molar refractivity (Wildman–Crippen MR) is 85.0 cm³/mol. The third-order valence-corrected chi connectivity index (χ3v) is 3.43. The van der Waals surface area contributed by atoms with E-state index in [1.54, 1.807) is 7.11 Å². The van der Waals surface area contributed by atoms with Gasteiger partial charge in [0.1, 0.15) is 0 Å². The number of methoxy groups -OCH3 is 1. The van der Waals surface area contributed by atoms with Crippen molar-refractivity contribution in [2.45, 2.75) is 46.6 Å². The zero-order valence-electron chi connectivity index (χ0n) is 13.9.